The van der Waals surface area contributed by atoms with Gasteiger partial charge in [0.05, 0.1) is 18.1 Å². The molecule has 0 aromatic carbocycles. The van der Waals surface area contributed by atoms with Crippen molar-refractivity contribution in [2.45, 2.75) is 46.6 Å². The van der Waals surface area contributed by atoms with Crippen LogP contribution in [0.5, 0.6) is 0 Å². The number of amides is 2. The van der Waals surface area contributed by atoms with Gasteiger partial charge in [0.2, 0.25) is 0 Å². The lowest BCUT2D eigenvalue weighted by molar-refractivity contribution is 0.0759. The molecule has 0 aliphatic carbocycles. The quantitative estimate of drug-likeness (QED) is 0.767. The number of aromatic nitrogens is 3. The third-order valence-corrected chi connectivity index (χ3v) is 5.55. The first-order valence-electron chi connectivity index (χ1n) is 10.9. The highest BCUT2D eigenvalue weighted by Crippen LogP contribution is 2.22. The molecule has 0 saturated carbocycles. The summed E-state index contributed by atoms with van der Waals surface area (Å²) in [6.07, 6.45) is 0.167. The smallest absolute Gasteiger partial charge is 0.409 e. The molecular formula is C22H31N5O5. The van der Waals surface area contributed by atoms with Gasteiger partial charge in [0.15, 0.2) is 5.65 Å². The molecule has 10 heteroatoms. The lowest BCUT2D eigenvalue weighted by Gasteiger charge is -2.23. The number of aromatic amines is 1. The van der Waals surface area contributed by atoms with Crippen molar-refractivity contribution >= 4 is 23.0 Å². The summed E-state index contributed by atoms with van der Waals surface area (Å²) in [5.41, 5.74) is -0.0694. The molecule has 1 aliphatic rings. The summed E-state index contributed by atoms with van der Waals surface area (Å²) < 4.78 is 6.23. The Balaban J connectivity index is 2.13. The third kappa shape index (κ3) is 4.68. The summed E-state index contributed by atoms with van der Waals surface area (Å²) in [4.78, 5) is 61.0. The van der Waals surface area contributed by atoms with Crippen molar-refractivity contribution in [3.05, 3.63) is 38.2 Å². The van der Waals surface area contributed by atoms with Crippen molar-refractivity contribution in [1.29, 1.82) is 0 Å². The molecule has 1 fully saturated rings. The van der Waals surface area contributed by atoms with Gasteiger partial charge >= 0.3 is 11.8 Å². The second kappa shape index (κ2) is 9.54. The second-order valence-electron chi connectivity index (χ2n) is 8.81. The fourth-order valence-corrected chi connectivity index (χ4v) is 3.89. The number of rotatable bonds is 4. The molecule has 0 radical (unpaired) electrons. The number of methoxy groups -OCH3 is 1. The normalized spacial score (nSPS) is 14.8. The number of ether oxygens (including phenoxy) is 1. The first-order chi connectivity index (χ1) is 15.1. The monoisotopic (exact) mass is 445 g/mol. The predicted molar refractivity (Wildman–Crippen MR) is 120 cm³/mol. The van der Waals surface area contributed by atoms with Crippen molar-refractivity contribution in [2.24, 2.45) is 5.92 Å². The van der Waals surface area contributed by atoms with E-state index in [2.05, 4.69) is 9.97 Å². The first kappa shape index (κ1) is 23.5. The molecular weight excluding hydrogens is 414 g/mol. The molecule has 0 unspecified atom stereocenters. The number of carbonyl (C=O) groups excluding carboxylic acids is 2. The maximum Gasteiger partial charge on any atom is 0.409 e. The van der Waals surface area contributed by atoms with Crippen molar-refractivity contribution in [3.63, 3.8) is 0 Å². The van der Waals surface area contributed by atoms with E-state index in [1.54, 1.807) is 15.9 Å². The molecule has 1 N–H and O–H groups in total. The van der Waals surface area contributed by atoms with Crippen LogP contribution in [0.2, 0.25) is 0 Å². The fourth-order valence-electron chi connectivity index (χ4n) is 3.89. The molecule has 0 bridgehead atoms. The van der Waals surface area contributed by atoms with Crippen LogP contribution in [-0.4, -0.2) is 69.6 Å². The Hall–Kier alpha value is -3.17. The van der Waals surface area contributed by atoms with Gasteiger partial charge in [-0.3, -0.25) is 19.1 Å². The zero-order valence-electron chi connectivity index (χ0n) is 19.3. The number of hydrogen-bond acceptors (Lipinski definition) is 6. The molecule has 1 aliphatic heterocycles. The summed E-state index contributed by atoms with van der Waals surface area (Å²) >= 11 is 0. The number of carbonyl (C=O) groups is 2. The average molecular weight is 446 g/mol. The Kier molecular flexibility index (Phi) is 7.00. The van der Waals surface area contributed by atoms with Crippen LogP contribution >= 0.6 is 0 Å². The van der Waals surface area contributed by atoms with Gasteiger partial charge in [-0.15, -0.1) is 0 Å². The third-order valence-electron chi connectivity index (χ3n) is 5.55. The standard InChI is InChI=1S/C22H31N5O5/c1-13(2)12-27-18-17(19(28)24-21(27)30)15(11-16(23-18)14(3)4)20(29)25-7-6-8-26(10-9-25)22(31)32-5/h11,13-14H,6-10,12H2,1-5H3,(H,24,28,30). The summed E-state index contributed by atoms with van der Waals surface area (Å²) in [5, 5.41) is 0.119. The van der Waals surface area contributed by atoms with Crippen LogP contribution < -0.4 is 11.2 Å². The largest absolute Gasteiger partial charge is 0.453 e. The van der Waals surface area contributed by atoms with Crippen LogP contribution in [0.4, 0.5) is 4.79 Å². The number of H-pyrrole nitrogens is 1. The lowest BCUT2D eigenvalue weighted by Crippen LogP contribution is -2.38. The minimum atomic E-state index is -0.623. The molecule has 2 aromatic rings. The minimum absolute atomic E-state index is 0.00760. The van der Waals surface area contributed by atoms with Crippen LogP contribution in [0.3, 0.4) is 0 Å². The SMILES string of the molecule is COC(=O)N1CCCN(C(=O)c2cc(C(C)C)nc3c2c(=O)[nH]c(=O)n3CC(C)C)CC1. The van der Waals surface area contributed by atoms with E-state index in [4.69, 9.17) is 4.74 Å². The Bertz CT molecular complexity index is 1130. The van der Waals surface area contributed by atoms with Crippen LogP contribution in [0.25, 0.3) is 11.0 Å². The highest BCUT2D eigenvalue weighted by molar-refractivity contribution is 6.05. The van der Waals surface area contributed by atoms with Crippen LogP contribution in [0, 0.1) is 5.92 Å². The molecule has 0 spiro atoms. The van der Waals surface area contributed by atoms with Crippen molar-refractivity contribution < 1.29 is 14.3 Å². The molecule has 32 heavy (non-hydrogen) atoms. The minimum Gasteiger partial charge on any atom is -0.453 e. The van der Waals surface area contributed by atoms with Crippen molar-refractivity contribution in [2.75, 3.05) is 33.3 Å². The Morgan fingerprint density at radius 1 is 1.09 bits per heavy atom. The van der Waals surface area contributed by atoms with Gasteiger partial charge in [0, 0.05) is 38.4 Å². The van der Waals surface area contributed by atoms with Crippen molar-refractivity contribution in [3.8, 4) is 0 Å². The van der Waals surface area contributed by atoms with E-state index in [1.165, 1.54) is 11.7 Å². The van der Waals surface area contributed by atoms with Gasteiger partial charge in [-0.1, -0.05) is 27.7 Å². The highest BCUT2D eigenvalue weighted by Gasteiger charge is 2.27. The van der Waals surface area contributed by atoms with Gasteiger partial charge in [0.25, 0.3) is 11.5 Å². The van der Waals surface area contributed by atoms with E-state index in [1.807, 2.05) is 27.7 Å². The zero-order chi connectivity index (χ0) is 23.6. The maximum atomic E-state index is 13.6. The van der Waals surface area contributed by atoms with Gasteiger partial charge in [0.1, 0.15) is 0 Å². The van der Waals surface area contributed by atoms with Crippen LogP contribution in [0.1, 0.15) is 56.1 Å². The van der Waals surface area contributed by atoms with E-state index in [0.29, 0.717) is 44.8 Å². The number of nitrogens with one attached hydrogen (secondary N) is 1. The second-order valence-corrected chi connectivity index (χ2v) is 8.81. The number of nitrogens with zero attached hydrogens (tertiary/aromatic N) is 4. The number of hydrogen-bond donors (Lipinski definition) is 1. The summed E-state index contributed by atoms with van der Waals surface area (Å²) in [6, 6.07) is 1.65. The van der Waals surface area contributed by atoms with Gasteiger partial charge < -0.3 is 14.5 Å². The van der Waals surface area contributed by atoms with E-state index in [9.17, 15) is 19.2 Å². The van der Waals surface area contributed by atoms with Crippen LogP contribution in [0.15, 0.2) is 15.7 Å². The highest BCUT2D eigenvalue weighted by atomic mass is 16.5. The average Bonchev–Trinajstić information content (AvgIpc) is 3.00. The van der Waals surface area contributed by atoms with Gasteiger partial charge in [-0.2, -0.15) is 0 Å². The molecule has 10 nitrogen and oxygen atoms in total. The summed E-state index contributed by atoms with van der Waals surface area (Å²) in [7, 11) is 1.33. The van der Waals surface area contributed by atoms with E-state index in [-0.39, 0.29) is 34.3 Å². The maximum absolute atomic E-state index is 13.6. The van der Waals surface area contributed by atoms with Gasteiger partial charge in [-0.05, 0) is 24.3 Å². The molecule has 3 rings (SSSR count). The summed E-state index contributed by atoms with van der Waals surface area (Å²) in [6.45, 7) is 9.77. The fraction of sp³-hybridized carbons (Fsp3) is 0.591. The molecule has 174 valence electrons. The Morgan fingerprint density at radius 3 is 2.38 bits per heavy atom. The van der Waals surface area contributed by atoms with E-state index in [0.717, 1.165) is 0 Å². The van der Waals surface area contributed by atoms with Crippen molar-refractivity contribution in [1.82, 2.24) is 24.3 Å². The summed E-state index contributed by atoms with van der Waals surface area (Å²) in [5.74, 6) is -0.182. The van der Waals surface area contributed by atoms with Gasteiger partial charge in [-0.25, -0.2) is 14.6 Å². The number of pyridine rings is 1. The molecule has 2 amide bonds. The van der Waals surface area contributed by atoms with Crippen LogP contribution in [-0.2, 0) is 11.3 Å². The Labute approximate surface area is 186 Å². The Morgan fingerprint density at radius 2 is 1.75 bits per heavy atom. The molecule has 0 atom stereocenters. The molecule has 2 aromatic heterocycles. The first-order valence-corrected chi connectivity index (χ1v) is 10.9. The molecule has 3 heterocycles. The molecule has 1 saturated heterocycles. The lowest BCUT2D eigenvalue weighted by atomic mass is 10.0. The van der Waals surface area contributed by atoms with E-state index >= 15 is 0 Å². The zero-order valence-corrected chi connectivity index (χ0v) is 19.3. The van der Waals surface area contributed by atoms with E-state index < -0.39 is 17.3 Å². The topological polar surface area (TPSA) is 118 Å². The predicted octanol–water partition coefficient (Wildman–Crippen LogP) is 1.78. The number of fused-ring (bicyclic) bond motifs is 1.